The Hall–Kier alpha value is -7.31. The molecule has 5 aromatic carbocycles. The maximum Gasteiger partial charge on any atom is 0.137 e. The van der Waals surface area contributed by atoms with Gasteiger partial charge < -0.3 is 9.80 Å². The Kier molecular flexibility index (Phi) is 8.67. The predicted octanol–water partition coefficient (Wildman–Crippen LogP) is 12.5. The first-order chi connectivity index (χ1) is 28.4. The summed E-state index contributed by atoms with van der Waals surface area (Å²) in [5, 5.41) is 2.35. The number of aromatic nitrogens is 4. The van der Waals surface area contributed by atoms with E-state index in [0.717, 1.165) is 61.9 Å². The summed E-state index contributed by atoms with van der Waals surface area (Å²) in [5.74, 6) is 0.897. The van der Waals surface area contributed by atoms with E-state index in [1.807, 2.05) is 42.9 Å². The topological polar surface area (TPSA) is 50.1 Å². The number of pyridine rings is 3. The third kappa shape index (κ3) is 6.20. The van der Waals surface area contributed by atoms with E-state index in [1.54, 1.807) is 0 Å². The number of benzene rings is 5. The summed E-state index contributed by atoms with van der Waals surface area (Å²) in [6.45, 7) is 7.43. The zero-order valence-electron chi connectivity index (χ0n) is 32.8. The molecule has 5 heterocycles. The van der Waals surface area contributed by atoms with Gasteiger partial charge in [-0.1, -0.05) is 106 Å². The number of fused-ring (bicyclic) bond motifs is 4. The summed E-state index contributed by atoms with van der Waals surface area (Å²) in [4.78, 5) is 19.7. The fraction of sp³-hybridized carbons (Fsp3) is 0.0962. The molecular formula is C52H42N6. The van der Waals surface area contributed by atoms with E-state index in [1.165, 1.54) is 27.7 Å². The molecule has 4 aromatic heterocycles. The molecule has 0 saturated carbocycles. The molecule has 6 heteroatoms. The molecule has 1 aliphatic rings. The highest BCUT2D eigenvalue weighted by Crippen LogP contribution is 2.46. The molecular weight excluding hydrogens is 709 g/mol. The van der Waals surface area contributed by atoms with Crippen LogP contribution in [0.15, 0.2) is 188 Å². The zero-order valence-corrected chi connectivity index (χ0v) is 32.8. The van der Waals surface area contributed by atoms with Gasteiger partial charge in [-0.25, -0.2) is 4.98 Å². The Morgan fingerprint density at radius 1 is 0.466 bits per heavy atom. The second-order valence-corrected chi connectivity index (χ2v) is 15.8. The molecule has 58 heavy (non-hydrogen) atoms. The molecule has 0 atom stereocenters. The molecule has 280 valence electrons. The van der Waals surface area contributed by atoms with Gasteiger partial charge in [-0.2, -0.15) is 0 Å². The van der Waals surface area contributed by atoms with Gasteiger partial charge in [-0.3, -0.25) is 14.5 Å². The number of anilines is 4. The quantitative estimate of drug-likeness (QED) is 0.162. The van der Waals surface area contributed by atoms with Crippen molar-refractivity contribution in [2.24, 2.45) is 0 Å². The Labute approximate surface area is 339 Å². The van der Waals surface area contributed by atoms with Crippen LogP contribution in [-0.2, 0) is 5.41 Å². The molecule has 0 saturated heterocycles. The van der Waals surface area contributed by atoms with Gasteiger partial charge in [0.15, 0.2) is 0 Å². The molecule has 1 aliphatic heterocycles. The van der Waals surface area contributed by atoms with Crippen molar-refractivity contribution in [3.63, 3.8) is 0 Å². The molecule has 0 aliphatic carbocycles. The first kappa shape index (κ1) is 35.1. The van der Waals surface area contributed by atoms with Crippen LogP contribution in [0.3, 0.4) is 0 Å². The summed E-state index contributed by atoms with van der Waals surface area (Å²) in [6, 6.07) is 60.2. The van der Waals surface area contributed by atoms with Crippen LogP contribution in [0.1, 0.15) is 48.8 Å². The highest BCUT2D eigenvalue weighted by atomic mass is 15.4. The lowest BCUT2D eigenvalue weighted by Crippen LogP contribution is -2.23. The van der Waals surface area contributed by atoms with Crippen molar-refractivity contribution >= 4 is 55.7 Å². The first-order valence-corrected chi connectivity index (χ1v) is 19.8. The molecule has 10 rings (SSSR count). The van der Waals surface area contributed by atoms with E-state index in [4.69, 9.17) is 15.0 Å². The van der Waals surface area contributed by atoms with Crippen LogP contribution in [0.2, 0.25) is 0 Å². The third-order valence-electron chi connectivity index (χ3n) is 11.2. The van der Waals surface area contributed by atoms with Gasteiger partial charge in [0, 0.05) is 51.9 Å². The molecule has 0 spiro atoms. The van der Waals surface area contributed by atoms with Gasteiger partial charge in [0.25, 0.3) is 0 Å². The van der Waals surface area contributed by atoms with Gasteiger partial charge in [0.05, 0.1) is 33.8 Å². The second kappa shape index (κ2) is 14.3. The van der Waals surface area contributed by atoms with Gasteiger partial charge in [-0.05, 0) is 107 Å². The van der Waals surface area contributed by atoms with Gasteiger partial charge in [-0.15, -0.1) is 0 Å². The van der Waals surface area contributed by atoms with Crippen molar-refractivity contribution in [2.75, 3.05) is 16.5 Å². The minimum atomic E-state index is -0.0310. The summed E-state index contributed by atoms with van der Waals surface area (Å²) in [5.41, 5.74) is 13.8. The lowest BCUT2D eigenvalue weighted by Gasteiger charge is -2.23. The van der Waals surface area contributed by atoms with Crippen molar-refractivity contribution < 1.29 is 0 Å². The number of para-hydroxylation sites is 4. The Morgan fingerprint density at radius 3 is 1.79 bits per heavy atom. The maximum atomic E-state index is 4.98. The summed E-state index contributed by atoms with van der Waals surface area (Å²) in [6.07, 6.45) is 5.66. The van der Waals surface area contributed by atoms with Crippen LogP contribution in [0, 0.1) is 0 Å². The smallest absolute Gasteiger partial charge is 0.137 e. The molecule has 0 radical (unpaired) electrons. The monoisotopic (exact) mass is 750 g/mol. The van der Waals surface area contributed by atoms with Crippen molar-refractivity contribution in [1.82, 2.24) is 19.5 Å². The van der Waals surface area contributed by atoms with Gasteiger partial charge >= 0.3 is 0 Å². The lowest BCUT2D eigenvalue weighted by molar-refractivity contribution is 0.588. The van der Waals surface area contributed by atoms with E-state index in [0.29, 0.717) is 6.67 Å². The van der Waals surface area contributed by atoms with Crippen LogP contribution in [0.5, 0.6) is 0 Å². The fourth-order valence-electron chi connectivity index (χ4n) is 8.34. The minimum absolute atomic E-state index is 0.0310. The second-order valence-electron chi connectivity index (χ2n) is 15.8. The van der Waals surface area contributed by atoms with E-state index < -0.39 is 0 Å². The minimum Gasteiger partial charge on any atom is -0.321 e. The van der Waals surface area contributed by atoms with Crippen LogP contribution in [-0.4, -0.2) is 26.2 Å². The highest BCUT2D eigenvalue weighted by molar-refractivity contribution is 6.11. The first-order valence-electron chi connectivity index (χ1n) is 19.8. The third-order valence-corrected chi connectivity index (χ3v) is 11.2. The van der Waals surface area contributed by atoms with Crippen LogP contribution >= 0.6 is 0 Å². The predicted molar refractivity (Wildman–Crippen MR) is 239 cm³/mol. The van der Waals surface area contributed by atoms with Crippen molar-refractivity contribution in [3.05, 3.63) is 217 Å². The molecule has 0 bridgehead atoms. The van der Waals surface area contributed by atoms with E-state index in [2.05, 4.69) is 181 Å². The number of nitrogens with zero attached hydrogens (tertiary/aromatic N) is 6. The van der Waals surface area contributed by atoms with Crippen molar-refractivity contribution in [2.45, 2.75) is 26.2 Å². The molecule has 9 aromatic rings. The number of hydrogen-bond acceptors (Lipinski definition) is 5. The molecule has 0 fully saturated rings. The van der Waals surface area contributed by atoms with Gasteiger partial charge in [0.2, 0.25) is 0 Å². The molecule has 0 amide bonds. The van der Waals surface area contributed by atoms with Gasteiger partial charge in [0.1, 0.15) is 12.5 Å². The van der Waals surface area contributed by atoms with E-state index in [9.17, 15) is 0 Å². The maximum absolute atomic E-state index is 4.98. The molecule has 6 nitrogen and oxygen atoms in total. The molecule has 0 N–H and O–H groups in total. The molecule has 0 unspecified atom stereocenters. The highest BCUT2D eigenvalue weighted by Gasteiger charge is 2.29. The largest absolute Gasteiger partial charge is 0.321 e. The zero-order chi connectivity index (χ0) is 39.2. The van der Waals surface area contributed by atoms with E-state index in [-0.39, 0.29) is 5.41 Å². The van der Waals surface area contributed by atoms with Crippen LogP contribution in [0.4, 0.5) is 22.7 Å². The standard InChI is InChI=1S/C52H42N6/c1-52(2,3)38-28-31-55-49(34-38)58-45-23-8-7-20-41(45)42-27-26-37(33-48(42)58)50(51(43-21-11-13-29-53-43)44-22-12-14-30-54-44)36-16-15-19-40(32-36)57-35-56(39-17-5-4-6-18-39)46-24-9-10-25-47(46)57/h4-34H,35H2,1-3H3. The number of hydrogen-bond donors (Lipinski definition) is 0. The van der Waals surface area contributed by atoms with Crippen LogP contribution in [0.25, 0.3) is 38.8 Å². The summed E-state index contributed by atoms with van der Waals surface area (Å²) in [7, 11) is 0. The Bertz CT molecular complexity index is 2920. The average molecular weight is 751 g/mol. The average Bonchev–Trinajstić information content (AvgIpc) is 3.82. The Morgan fingerprint density at radius 2 is 1.09 bits per heavy atom. The van der Waals surface area contributed by atoms with Crippen LogP contribution < -0.4 is 9.80 Å². The Balaban J connectivity index is 1.22. The fourth-order valence-corrected chi connectivity index (χ4v) is 8.34. The lowest BCUT2D eigenvalue weighted by atomic mass is 9.88. The van der Waals surface area contributed by atoms with Crippen molar-refractivity contribution in [1.29, 1.82) is 0 Å². The van der Waals surface area contributed by atoms with E-state index >= 15 is 0 Å². The summed E-state index contributed by atoms with van der Waals surface area (Å²) >= 11 is 0. The number of rotatable bonds is 7. The van der Waals surface area contributed by atoms with Crippen molar-refractivity contribution in [3.8, 4) is 5.82 Å². The normalized spacial score (nSPS) is 12.6. The summed E-state index contributed by atoms with van der Waals surface area (Å²) < 4.78 is 2.32. The SMILES string of the molecule is CC(C)(C)c1ccnc(-n2c3ccccc3c3ccc(C(=C(c4ccccn4)c4ccccn4)c4cccc(N5CN(c6ccccc6)c6ccccc65)c4)cc32)c1.